The quantitative estimate of drug-likeness (QED) is 0.681. The van der Waals surface area contributed by atoms with E-state index in [1.165, 1.54) is 6.33 Å². The fourth-order valence-electron chi connectivity index (χ4n) is 0.761. The van der Waals surface area contributed by atoms with Gasteiger partial charge in [0, 0.05) is 5.25 Å². The lowest BCUT2D eigenvalue weighted by Gasteiger charge is -2.14. The van der Waals surface area contributed by atoms with Gasteiger partial charge < -0.3 is 5.73 Å². The molecule has 1 aromatic heterocycles. The van der Waals surface area contributed by atoms with Crippen LogP contribution in [0.15, 0.2) is 15.8 Å². The van der Waals surface area contributed by atoms with Gasteiger partial charge in [-0.15, -0.1) is 11.8 Å². The van der Waals surface area contributed by atoms with Crippen LogP contribution in [0.4, 0.5) is 5.82 Å². The summed E-state index contributed by atoms with van der Waals surface area (Å²) in [6.45, 7) is 6.56. The van der Waals surface area contributed by atoms with E-state index in [2.05, 4.69) is 46.7 Å². The normalized spacial score (nSPS) is 13.2. The topological polar surface area (TPSA) is 51.8 Å². The lowest BCUT2D eigenvalue weighted by Crippen LogP contribution is -2.06. The minimum atomic E-state index is 0.499. The Labute approximate surface area is 97.0 Å². The lowest BCUT2D eigenvalue weighted by atomic mass is 10.2. The van der Waals surface area contributed by atoms with Crippen molar-refractivity contribution < 1.29 is 0 Å². The monoisotopic (exact) mass is 275 g/mol. The summed E-state index contributed by atoms with van der Waals surface area (Å²) in [7, 11) is 0. The summed E-state index contributed by atoms with van der Waals surface area (Å²) in [5.74, 6) is 1.11. The molecule has 3 nitrogen and oxygen atoms in total. The van der Waals surface area contributed by atoms with E-state index in [4.69, 9.17) is 5.73 Å². The SMILES string of the molecule is CC(C)C(C)Sc1ncnc(N)c1Br. The van der Waals surface area contributed by atoms with Gasteiger partial charge in [0.1, 0.15) is 17.2 Å². The average Bonchev–Trinajstić information content (AvgIpc) is 2.12. The van der Waals surface area contributed by atoms with Gasteiger partial charge in [0.25, 0.3) is 0 Å². The lowest BCUT2D eigenvalue weighted by molar-refractivity contribution is 0.641. The first kappa shape index (κ1) is 11.8. The largest absolute Gasteiger partial charge is 0.383 e. The Hall–Kier alpha value is -0.290. The number of nitrogen functional groups attached to an aromatic ring is 1. The van der Waals surface area contributed by atoms with Crippen LogP contribution in [0.5, 0.6) is 0 Å². The maximum absolute atomic E-state index is 5.66. The number of thioether (sulfide) groups is 1. The molecule has 1 heterocycles. The van der Waals surface area contributed by atoms with E-state index in [1.807, 2.05) is 0 Å². The smallest absolute Gasteiger partial charge is 0.142 e. The van der Waals surface area contributed by atoms with E-state index in [0.29, 0.717) is 17.0 Å². The molecular formula is C9H14BrN3S. The van der Waals surface area contributed by atoms with Gasteiger partial charge in [-0.2, -0.15) is 0 Å². The van der Waals surface area contributed by atoms with E-state index in [0.717, 1.165) is 9.50 Å². The summed E-state index contributed by atoms with van der Waals surface area (Å²) in [5, 5.41) is 1.43. The second-order valence-corrected chi connectivity index (χ2v) is 5.60. The fraction of sp³-hybridized carbons (Fsp3) is 0.556. The number of nitrogens with zero attached hydrogens (tertiary/aromatic N) is 2. The number of hydrogen-bond donors (Lipinski definition) is 1. The fourth-order valence-corrected chi connectivity index (χ4v) is 2.19. The highest BCUT2D eigenvalue weighted by Crippen LogP contribution is 2.33. The zero-order valence-electron chi connectivity index (χ0n) is 8.49. The van der Waals surface area contributed by atoms with Crippen LogP contribution in [0.3, 0.4) is 0 Å². The molecule has 0 saturated heterocycles. The van der Waals surface area contributed by atoms with Crippen molar-refractivity contribution in [3.05, 3.63) is 10.8 Å². The van der Waals surface area contributed by atoms with Crippen molar-refractivity contribution in [2.24, 2.45) is 5.92 Å². The zero-order chi connectivity index (χ0) is 10.7. The van der Waals surface area contributed by atoms with Gasteiger partial charge in [0.15, 0.2) is 0 Å². The van der Waals surface area contributed by atoms with Crippen molar-refractivity contribution in [2.75, 3.05) is 5.73 Å². The molecule has 0 bridgehead atoms. The van der Waals surface area contributed by atoms with Crippen LogP contribution in [-0.4, -0.2) is 15.2 Å². The van der Waals surface area contributed by atoms with E-state index >= 15 is 0 Å². The molecule has 0 aromatic carbocycles. The molecule has 0 radical (unpaired) electrons. The Balaban J connectivity index is 2.82. The van der Waals surface area contributed by atoms with Crippen molar-refractivity contribution in [3.63, 3.8) is 0 Å². The molecule has 14 heavy (non-hydrogen) atoms. The highest BCUT2D eigenvalue weighted by molar-refractivity contribution is 9.10. The molecule has 1 atom stereocenters. The Bertz CT molecular complexity index is 317. The number of anilines is 1. The van der Waals surface area contributed by atoms with Gasteiger partial charge in [0.05, 0.1) is 4.47 Å². The number of rotatable bonds is 3. The maximum Gasteiger partial charge on any atom is 0.142 e. The van der Waals surface area contributed by atoms with Gasteiger partial charge in [-0.05, 0) is 21.8 Å². The van der Waals surface area contributed by atoms with Crippen LogP contribution in [0.2, 0.25) is 0 Å². The van der Waals surface area contributed by atoms with Crippen LogP contribution in [0.1, 0.15) is 20.8 Å². The van der Waals surface area contributed by atoms with Crippen LogP contribution < -0.4 is 5.73 Å². The predicted molar refractivity (Wildman–Crippen MR) is 64.3 cm³/mol. The standard InChI is InChI=1S/C9H14BrN3S/c1-5(2)6(3)14-9-7(10)8(11)12-4-13-9/h4-6H,1-3H3,(H2,11,12,13). The van der Waals surface area contributed by atoms with Crippen molar-refractivity contribution in [3.8, 4) is 0 Å². The molecule has 1 aromatic rings. The summed E-state index contributed by atoms with van der Waals surface area (Å²) in [5.41, 5.74) is 5.66. The number of halogens is 1. The molecule has 1 unspecified atom stereocenters. The molecule has 0 fully saturated rings. The van der Waals surface area contributed by atoms with Gasteiger partial charge >= 0.3 is 0 Å². The third kappa shape index (κ3) is 2.85. The van der Waals surface area contributed by atoms with Crippen molar-refractivity contribution in [2.45, 2.75) is 31.0 Å². The molecule has 2 N–H and O–H groups in total. The molecular weight excluding hydrogens is 262 g/mol. The molecule has 78 valence electrons. The molecule has 5 heteroatoms. The zero-order valence-corrected chi connectivity index (χ0v) is 10.9. The Morgan fingerprint density at radius 2 is 2.00 bits per heavy atom. The molecule has 0 spiro atoms. The van der Waals surface area contributed by atoms with Crippen LogP contribution in [0, 0.1) is 5.92 Å². The van der Waals surface area contributed by atoms with E-state index < -0.39 is 0 Å². The van der Waals surface area contributed by atoms with Crippen molar-refractivity contribution >= 4 is 33.5 Å². The third-order valence-electron chi connectivity index (χ3n) is 2.02. The van der Waals surface area contributed by atoms with Crippen LogP contribution in [-0.2, 0) is 0 Å². The highest BCUT2D eigenvalue weighted by Gasteiger charge is 2.13. The van der Waals surface area contributed by atoms with Gasteiger partial charge in [-0.3, -0.25) is 0 Å². The van der Waals surface area contributed by atoms with Crippen LogP contribution in [0.25, 0.3) is 0 Å². The number of aromatic nitrogens is 2. The van der Waals surface area contributed by atoms with E-state index in [1.54, 1.807) is 11.8 Å². The Morgan fingerprint density at radius 1 is 1.36 bits per heavy atom. The summed E-state index contributed by atoms with van der Waals surface area (Å²) in [6.07, 6.45) is 1.50. The minimum Gasteiger partial charge on any atom is -0.383 e. The summed E-state index contributed by atoms with van der Waals surface area (Å²) in [4.78, 5) is 8.08. The summed E-state index contributed by atoms with van der Waals surface area (Å²) >= 11 is 5.10. The Morgan fingerprint density at radius 3 is 2.57 bits per heavy atom. The molecule has 0 saturated carbocycles. The van der Waals surface area contributed by atoms with Gasteiger partial charge in [-0.25, -0.2) is 9.97 Å². The van der Waals surface area contributed by atoms with Crippen molar-refractivity contribution in [1.29, 1.82) is 0 Å². The number of hydrogen-bond acceptors (Lipinski definition) is 4. The maximum atomic E-state index is 5.66. The molecule has 0 amide bonds. The van der Waals surface area contributed by atoms with Crippen molar-refractivity contribution in [1.82, 2.24) is 9.97 Å². The first-order valence-electron chi connectivity index (χ1n) is 4.45. The van der Waals surface area contributed by atoms with E-state index in [-0.39, 0.29) is 0 Å². The van der Waals surface area contributed by atoms with Crippen LogP contribution >= 0.6 is 27.7 Å². The first-order valence-corrected chi connectivity index (χ1v) is 6.12. The van der Waals surface area contributed by atoms with E-state index in [9.17, 15) is 0 Å². The summed E-state index contributed by atoms with van der Waals surface area (Å²) < 4.78 is 0.803. The van der Waals surface area contributed by atoms with Gasteiger partial charge in [0.2, 0.25) is 0 Å². The van der Waals surface area contributed by atoms with Gasteiger partial charge in [-0.1, -0.05) is 20.8 Å². The average molecular weight is 276 g/mol. The Kier molecular flexibility index (Phi) is 4.19. The molecule has 0 aliphatic rings. The minimum absolute atomic E-state index is 0.499. The second-order valence-electron chi connectivity index (χ2n) is 3.45. The predicted octanol–water partition coefficient (Wildman–Crippen LogP) is 2.96. The second kappa shape index (κ2) is 4.98. The first-order chi connectivity index (χ1) is 6.52. The number of nitrogens with two attached hydrogens (primary N) is 1. The molecule has 1 rings (SSSR count). The molecule has 0 aliphatic carbocycles. The highest BCUT2D eigenvalue weighted by atomic mass is 79.9. The molecule has 0 aliphatic heterocycles. The summed E-state index contributed by atoms with van der Waals surface area (Å²) in [6, 6.07) is 0. The third-order valence-corrected chi connectivity index (χ3v) is 4.51.